The molecule has 1 aromatic rings. The van der Waals surface area contributed by atoms with Crippen LogP contribution in [0.2, 0.25) is 0 Å². The molecule has 1 heterocycles. The quantitative estimate of drug-likeness (QED) is 0.589. The Morgan fingerprint density at radius 2 is 2.11 bits per heavy atom. The largest absolute Gasteiger partial charge is 0.395 e. The Labute approximate surface area is 112 Å². The molecule has 0 aliphatic heterocycles. The van der Waals surface area contributed by atoms with E-state index in [1.165, 1.54) is 0 Å². The van der Waals surface area contributed by atoms with E-state index in [4.69, 9.17) is 5.73 Å². The highest BCUT2D eigenvalue weighted by molar-refractivity contribution is 5.97. The molecule has 0 bridgehead atoms. The van der Waals surface area contributed by atoms with Crippen LogP contribution in [-0.2, 0) is 11.2 Å². The van der Waals surface area contributed by atoms with Crippen LogP contribution in [0.4, 0.5) is 5.69 Å². The predicted molar refractivity (Wildman–Crippen MR) is 72.6 cm³/mol. The first-order valence-corrected chi connectivity index (χ1v) is 6.36. The van der Waals surface area contributed by atoms with E-state index in [1.807, 2.05) is 20.8 Å². The summed E-state index contributed by atoms with van der Waals surface area (Å²) >= 11 is 0. The molecule has 7 heteroatoms. The fraction of sp³-hybridized carbons (Fsp3) is 0.583. The average molecular weight is 267 g/mol. The van der Waals surface area contributed by atoms with Crippen LogP contribution in [0.25, 0.3) is 0 Å². The van der Waals surface area contributed by atoms with Gasteiger partial charge >= 0.3 is 0 Å². The Kier molecular flexibility index (Phi) is 5.35. The summed E-state index contributed by atoms with van der Waals surface area (Å²) in [6.45, 7) is 5.94. The minimum absolute atomic E-state index is 0.0947. The highest BCUT2D eigenvalue weighted by Gasteiger charge is 2.16. The standard InChI is InChI=1S/C12H21N5O2/c1-4-8-10(13)11(17-16-8)12(19)14-6-5-9(18)15-7(2)3/h7H,4-6,13H2,1-3H3,(H,14,19)(H,15,18)(H,16,17). The number of carbonyl (C=O) groups excluding carboxylic acids is 2. The minimum atomic E-state index is -0.370. The lowest BCUT2D eigenvalue weighted by molar-refractivity contribution is -0.121. The highest BCUT2D eigenvalue weighted by atomic mass is 16.2. The maximum absolute atomic E-state index is 11.8. The van der Waals surface area contributed by atoms with Crippen molar-refractivity contribution in [1.29, 1.82) is 0 Å². The topological polar surface area (TPSA) is 113 Å². The molecule has 106 valence electrons. The van der Waals surface area contributed by atoms with Gasteiger partial charge in [-0.2, -0.15) is 5.10 Å². The second-order valence-corrected chi connectivity index (χ2v) is 4.55. The summed E-state index contributed by atoms with van der Waals surface area (Å²) in [4.78, 5) is 23.2. The molecule has 0 aliphatic rings. The fourth-order valence-corrected chi connectivity index (χ4v) is 1.60. The number of nitrogens with two attached hydrogens (primary N) is 1. The molecule has 0 saturated heterocycles. The molecule has 0 spiro atoms. The van der Waals surface area contributed by atoms with Gasteiger partial charge in [0.15, 0.2) is 5.69 Å². The first-order chi connectivity index (χ1) is 8.95. The average Bonchev–Trinajstić information content (AvgIpc) is 2.69. The summed E-state index contributed by atoms with van der Waals surface area (Å²) < 4.78 is 0. The van der Waals surface area contributed by atoms with Gasteiger partial charge < -0.3 is 16.4 Å². The number of hydrogen-bond acceptors (Lipinski definition) is 4. The molecule has 1 aromatic heterocycles. The number of anilines is 1. The van der Waals surface area contributed by atoms with Gasteiger partial charge in [0, 0.05) is 19.0 Å². The first-order valence-electron chi connectivity index (χ1n) is 6.36. The number of hydrogen-bond donors (Lipinski definition) is 4. The Bertz CT molecular complexity index is 453. The molecule has 7 nitrogen and oxygen atoms in total. The van der Waals surface area contributed by atoms with Gasteiger partial charge in [-0.05, 0) is 20.3 Å². The number of aryl methyl sites for hydroxylation is 1. The zero-order chi connectivity index (χ0) is 14.4. The predicted octanol–water partition coefficient (Wildman–Crippen LogP) is 0.199. The first kappa shape index (κ1) is 15.0. The van der Waals surface area contributed by atoms with Crippen molar-refractivity contribution < 1.29 is 9.59 Å². The van der Waals surface area contributed by atoms with Crippen LogP contribution in [0, 0.1) is 0 Å². The van der Waals surface area contributed by atoms with Gasteiger partial charge in [-0.3, -0.25) is 14.7 Å². The molecule has 0 fully saturated rings. The van der Waals surface area contributed by atoms with Crippen molar-refractivity contribution in [3.63, 3.8) is 0 Å². The van der Waals surface area contributed by atoms with Crippen LogP contribution >= 0.6 is 0 Å². The molecule has 2 amide bonds. The fourth-order valence-electron chi connectivity index (χ4n) is 1.60. The summed E-state index contributed by atoms with van der Waals surface area (Å²) in [7, 11) is 0. The summed E-state index contributed by atoms with van der Waals surface area (Å²) in [6.07, 6.45) is 0.914. The third-order valence-corrected chi connectivity index (χ3v) is 2.54. The van der Waals surface area contributed by atoms with Crippen LogP contribution in [0.15, 0.2) is 0 Å². The van der Waals surface area contributed by atoms with Crippen molar-refractivity contribution in [2.24, 2.45) is 0 Å². The van der Waals surface area contributed by atoms with Gasteiger partial charge in [-0.15, -0.1) is 0 Å². The maximum atomic E-state index is 11.8. The summed E-state index contributed by atoms with van der Waals surface area (Å²) in [6, 6.07) is 0.0947. The van der Waals surface area contributed by atoms with Crippen LogP contribution in [0.5, 0.6) is 0 Å². The number of nitrogens with one attached hydrogen (secondary N) is 3. The van der Waals surface area contributed by atoms with E-state index in [-0.39, 0.29) is 36.5 Å². The third kappa shape index (κ3) is 4.27. The molecule has 1 rings (SSSR count). The molecule has 0 atom stereocenters. The van der Waals surface area contributed by atoms with Crippen LogP contribution < -0.4 is 16.4 Å². The van der Waals surface area contributed by atoms with Gasteiger partial charge in [-0.1, -0.05) is 6.92 Å². The van der Waals surface area contributed by atoms with E-state index >= 15 is 0 Å². The van der Waals surface area contributed by atoms with E-state index in [9.17, 15) is 9.59 Å². The molecule has 0 unspecified atom stereocenters. The summed E-state index contributed by atoms with van der Waals surface area (Å²) in [5.41, 5.74) is 7.07. The lowest BCUT2D eigenvalue weighted by Gasteiger charge is -2.08. The lowest BCUT2D eigenvalue weighted by Crippen LogP contribution is -2.34. The van der Waals surface area contributed by atoms with E-state index in [0.29, 0.717) is 12.1 Å². The number of nitrogens with zero attached hydrogens (tertiary/aromatic N) is 1. The van der Waals surface area contributed by atoms with E-state index < -0.39 is 0 Å². The van der Waals surface area contributed by atoms with E-state index in [2.05, 4.69) is 20.8 Å². The van der Waals surface area contributed by atoms with Crippen LogP contribution in [0.1, 0.15) is 43.4 Å². The number of nitrogen functional groups attached to an aromatic ring is 1. The number of amides is 2. The van der Waals surface area contributed by atoms with E-state index in [0.717, 1.165) is 5.69 Å². The Balaban J connectivity index is 2.43. The number of aromatic nitrogens is 2. The molecule has 0 aromatic carbocycles. The molecule has 0 saturated carbocycles. The van der Waals surface area contributed by atoms with Crippen molar-refractivity contribution in [3.05, 3.63) is 11.4 Å². The highest BCUT2D eigenvalue weighted by Crippen LogP contribution is 2.13. The smallest absolute Gasteiger partial charge is 0.273 e. The van der Waals surface area contributed by atoms with E-state index in [1.54, 1.807) is 0 Å². The molecule has 19 heavy (non-hydrogen) atoms. The monoisotopic (exact) mass is 267 g/mol. The van der Waals surface area contributed by atoms with Crippen molar-refractivity contribution in [2.45, 2.75) is 39.7 Å². The Morgan fingerprint density at radius 3 is 2.63 bits per heavy atom. The normalized spacial score (nSPS) is 10.5. The number of rotatable bonds is 6. The summed E-state index contributed by atoms with van der Waals surface area (Å²) in [5.74, 6) is -0.467. The zero-order valence-corrected chi connectivity index (χ0v) is 11.5. The maximum Gasteiger partial charge on any atom is 0.273 e. The van der Waals surface area contributed by atoms with Crippen molar-refractivity contribution in [3.8, 4) is 0 Å². The second kappa shape index (κ2) is 6.77. The van der Waals surface area contributed by atoms with Crippen molar-refractivity contribution in [1.82, 2.24) is 20.8 Å². The van der Waals surface area contributed by atoms with Crippen molar-refractivity contribution >= 4 is 17.5 Å². The lowest BCUT2D eigenvalue weighted by atomic mass is 10.2. The SMILES string of the molecule is CCc1[nH]nc(C(=O)NCCC(=O)NC(C)C)c1N. The van der Waals surface area contributed by atoms with Gasteiger partial charge in [0.25, 0.3) is 5.91 Å². The minimum Gasteiger partial charge on any atom is -0.395 e. The molecule has 0 radical (unpaired) electrons. The number of H-pyrrole nitrogens is 1. The van der Waals surface area contributed by atoms with Crippen LogP contribution in [0.3, 0.4) is 0 Å². The molecule has 0 aliphatic carbocycles. The number of aromatic amines is 1. The van der Waals surface area contributed by atoms with Gasteiger partial charge in [0.2, 0.25) is 5.91 Å². The van der Waals surface area contributed by atoms with Gasteiger partial charge in [0.05, 0.1) is 11.4 Å². The zero-order valence-electron chi connectivity index (χ0n) is 11.5. The number of carbonyl (C=O) groups is 2. The molecule has 5 N–H and O–H groups in total. The van der Waals surface area contributed by atoms with Crippen molar-refractivity contribution in [2.75, 3.05) is 12.3 Å². The van der Waals surface area contributed by atoms with Crippen LogP contribution in [-0.4, -0.2) is 34.6 Å². The second-order valence-electron chi connectivity index (χ2n) is 4.55. The Hall–Kier alpha value is -2.05. The summed E-state index contributed by atoms with van der Waals surface area (Å²) in [5, 5.41) is 11.9. The third-order valence-electron chi connectivity index (χ3n) is 2.54. The molecular formula is C12H21N5O2. The molecular weight excluding hydrogens is 246 g/mol. The van der Waals surface area contributed by atoms with Gasteiger partial charge in [-0.25, -0.2) is 0 Å². The Morgan fingerprint density at radius 1 is 1.42 bits per heavy atom. The van der Waals surface area contributed by atoms with Gasteiger partial charge in [0.1, 0.15) is 0 Å².